The lowest BCUT2D eigenvalue weighted by Crippen LogP contribution is -2.23. The van der Waals surface area contributed by atoms with Crippen LogP contribution < -0.4 is 5.32 Å². The molecule has 1 fully saturated rings. The molecule has 1 atom stereocenters. The molecule has 0 saturated carbocycles. The van der Waals surface area contributed by atoms with E-state index in [-0.39, 0.29) is 5.60 Å². The smallest absolute Gasteiger partial charge is 0.293 e. The Morgan fingerprint density at radius 2 is 1.91 bits per heavy atom. The summed E-state index contributed by atoms with van der Waals surface area (Å²) in [4.78, 5) is 16.3. The van der Waals surface area contributed by atoms with Crippen LogP contribution in [0.3, 0.4) is 0 Å². The summed E-state index contributed by atoms with van der Waals surface area (Å²) in [6, 6.07) is 4.83. The topological polar surface area (TPSA) is 54.5 Å². The average Bonchev–Trinajstić information content (AvgIpc) is 2.72. The number of ether oxygens (including phenoxy) is 1. The molecule has 0 aromatic carbocycles. The third kappa shape index (κ3) is 7.41. The summed E-state index contributed by atoms with van der Waals surface area (Å²) < 4.78 is 4.55. The number of likely N-dealkylation sites (N-methyl/N-ethyl adjacent to an activating group) is 1. The fourth-order valence-electron chi connectivity index (χ4n) is 2.35. The lowest BCUT2D eigenvalue weighted by atomic mass is 10.2. The Morgan fingerprint density at radius 1 is 1.32 bits per heavy atom. The summed E-state index contributed by atoms with van der Waals surface area (Å²) in [7, 11) is 2.17. The molecule has 1 saturated heterocycles. The number of carbonyl (C=O) groups excluding carboxylic acids is 1. The van der Waals surface area contributed by atoms with E-state index in [1.54, 1.807) is 0 Å². The molecule has 1 N–H and O–H groups in total. The number of aryl methyl sites for hydroxylation is 2. The van der Waals surface area contributed by atoms with E-state index in [1.165, 1.54) is 18.7 Å². The zero-order valence-corrected chi connectivity index (χ0v) is 14.6. The van der Waals surface area contributed by atoms with Gasteiger partial charge in [-0.15, -0.1) is 0 Å². The molecule has 22 heavy (non-hydrogen) atoms. The number of anilines is 1. The summed E-state index contributed by atoms with van der Waals surface area (Å²) in [6.07, 6.45) is 1.23. The minimum absolute atomic E-state index is 0.318. The van der Waals surface area contributed by atoms with E-state index < -0.39 is 0 Å². The molecule has 2 heterocycles. The Labute approximate surface area is 134 Å². The first kappa shape index (κ1) is 18.4. The molecular formula is C17H29N3O2. The van der Waals surface area contributed by atoms with E-state index in [9.17, 15) is 4.79 Å². The number of nitrogens with one attached hydrogen (secondary N) is 1. The third-order valence-electron chi connectivity index (χ3n) is 3.25. The molecule has 5 nitrogen and oxygen atoms in total. The van der Waals surface area contributed by atoms with Crippen molar-refractivity contribution in [3.63, 3.8) is 0 Å². The summed E-state index contributed by atoms with van der Waals surface area (Å²) in [5.74, 6) is 0. The first-order valence-corrected chi connectivity index (χ1v) is 7.71. The summed E-state index contributed by atoms with van der Waals surface area (Å²) in [6.45, 7) is 12.3. The van der Waals surface area contributed by atoms with Gasteiger partial charge in [-0.25, -0.2) is 0 Å². The fourth-order valence-corrected chi connectivity index (χ4v) is 2.35. The summed E-state index contributed by atoms with van der Waals surface area (Å²) >= 11 is 0. The summed E-state index contributed by atoms with van der Waals surface area (Å²) in [5, 5.41) is 3.57. The fraction of sp³-hybridized carbons (Fsp3) is 0.647. The van der Waals surface area contributed by atoms with E-state index in [0.717, 1.165) is 17.9 Å². The standard InChI is InChI=1S/C12H19N3.C5H10O2/c1-9-6-12(7-10(2)13-9)14-11-4-5-15(3)8-11;1-5(2,3)7-4-6/h6-7,11H,4-5,8H2,1-3H3,(H,13,14);4H,1-3H3. The monoisotopic (exact) mass is 307 g/mol. The van der Waals surface area contributed by atoms with Gasteiger partial charge in [0, 0.05) is 29.7 Å². The molecule has 0 bridgehead atoms. The van der Waals surface area contributed by atoms with Crippen LogP contribution >= 0.6 is 0 Å². The molecule has 1 aliphatic rings. The molecule has 2 rings (SSSR count). The highest BCUT2D eigenvalue weighted by Crippen LogP contribution is 2.16. The van der Waals surface area contributed by atoms with Crippen molar-refractivity contribution in [3.05, 3.63) is 23.5 Å². The number of hydrogen-bond donors (Lipinski definition) is 1. The molecule has 1 unspecified atom stereocenters. The third-order valence-corrected chi connectivity index (χ3v) is 3.25. The second kappa shape index (κ2) is 8.13. The second-order valence-corrected chi connectivity index (χ2v) is 6.86. The Bertz CT molecular complexity index is 463. The number of hydrogen-bond acceptors (Lipinski definition) is 5. The van der Waals surface area contributed by atoms with Crippen LogP contribution in [0.5, 0.6) is 0 Å². The average molecular weight is 307 g/mol. The van der Waals surface area contributed by atoms with E-state index in [4.69, 9.17) is 0 Å². The van der Waals surface area contributed by atoms with Gasteiger partial charge < -0.3 is 15.0 Å². The Balaban J connectivity index is 0.000000295. The Morgan fingerprint density at radius 3 is 2.27 bits per heavy atom. The molecular weight excluding hydrogens is 278 g/mol. The minimum atomic E-state index is -0.318. The Kier molecular flexibility index (Phi) is 6.81. The zero-order chi connectivity index (χ0) is 16.8. The number of aromatic nitrogens is 1. The minimum Gasteiger partial charge on any atom is -0.462 e. The molecule has 0 spiro atoms. The molecule has 0 radical (unpaired) electrons. The highest BCUT2D eigenvalue weighted by atomic mass is 16.5. The lowest BCUT2D eigenvalue weighted by Gasteiger charge is -2.15. The first-order chi connectivity index (χ1) is 10.2. The van der Waals surface area contributed by atoms with Crippen molar-refractivity contribution in [2.75, 3.05) is 25.5 Å². The van der Waals surface area contributed by atoms with Crippen molar-refractivity contribution < 1.29 is 9.53 Å². The van der Waals surface area contributed by atoms with Crippen LogP contribution in [0.4, 0.5) is 5.69 Å². The van der Waals surface area contributed by atoms with Crippen LogP contribution in [0.15, 0.2) is 12.1 Å². The number of rotatable bonds is 3. The van der Waals surface area contributed by atoms with Gasteiger partial charge >= 0.3 is 0 Å². The number of pyridine rings is 1. The van der Waals surface area contributed by atoms with Gasteiger partial charge in [0.1, 0.15) is 5.60 Å². The SMILES string of the molecule is CC(C)(C)OC=O.Cc1cc(NC2CCN(C)C2)cc(C)n1. The molecule has 1 aromatic rings. The van der Waals surface area contributed by atoms with Gasteiger partial charge in [0.15, 0.2) is 0 Å². The van der Waals surface area contributed by atoms with Crippen LogP contribution in [0, 0.1) is 13.8 Å². The van der Waals surface area contributed by atoms with Crippen molar-refractivity contribution in [3.8, 4) is 0 Å². The first-order valence-electron chi connectivity index (χ1n) is 7.71. The lowest BCUT2D eigenvalue weighted by molar-refractivity contribution is -0.138. The number of likely N-dealkylation sites (tertiary alicyclic amines) is 1. The van der Waals surface area contributed by atoms with Gasteiger partial charge in [-0.1, -0.05) is 0 Å². The Hall–Kier alpha value is -1.62. The molecule has 1 aromatic heterocycles. The molecule has 0 amide bonds. The predicted octanol–water partition coefficient (Wildman–Crippen LogP) is 2.77. The van der Waals surface area contributed by atoms with Gasteiger partial charge in [-0.05, 0) is 66.8 Å². The van der Waals surface area contributed by atoms with Crippen LogP contribution in [-0.2, 0) is 9.53 Å². The van der Waals surface area contributed by atoms with E-state index in [0.29, 0.717) is 12.5 Å². The van der Waals surface area contributed by atoms with Crippen molar-refractivity contribution in [2.24, 2.45) is 0 Å². The van der Waals surface area contributed by atoms with Gasteiger partial charge in [-0.2, -0.15) is 0 Å². The molecule has 5 heteroatoms. The zero-order valence-electron chi connectivity index (χ0n) is 14.6. The molecule has 124 valence electrons. The van der Waals surface area contributed by atoms with Gasteiger partial charge in [0.05, 0.1) is 0 Å². The largest absolute Gasteiger partial charge is 0.462 e. The number of carbonyl (C=O) groups is 1. The highest BCUT2D eigenvalue weighted by Gasteiger charge is 2.18. The van der Waals surface area contributed by atoms with Crippen LogP contribution in [0.1, 0.15) is 38.6 Å². The van der Waals surface area contributed by atoms with Gasteiger partial charge in [0.25, 0.3) is 6.47 Å². The van der Waals surface area contributed by atoms with Crippen LogP contribution in [0.25, 0.3) is 0 Å². The normalized spacial score (nSPS) is 18.4. The van der Waals surface area contributed by atoms with Crippen molar-refractivity contribution in [1.29, 1.82) is 0 Å². The van der Waals surface area contributed by atoms with Crippen molar-refractivity contribution >= 4 is 12.2 Å². The van der Waals surface area contributed by atoms with Gasteiger partial charge in [-0.3, -0.25) is 9.78 Å². The van der Waals surface area contributed by atoms with Gasteiger partial charge in [0.2, 0.25) is 0 Å². The number of nitrogens with zero attached hydrogens (tertiary/aromatic N) is 2. The maximum atomic E-state index is 9.60. The molecule has 1 aliphatic heterocycles. The maximum Gasteiger partial charge on any atom is 0.293 e. The van der Waals surface area contributed by atoms with E-state index in [2.05, 4.69) is 39.1 Å². The van der Waals surface area contributed by atoms with E-state index >= 15 is 0 Å². The van der Waals surface area contributed by atoms with E-state index in [1.807, 2.05) is 34.6 Å². The van der Waals surface area contributed by atoms with Crippen molar-refractivity contribution in [2.45, 2.75) is 52.7 Å². The predicted molar refractivity (Wildman–Crippen MR) is 90.1 cm³/mol. The summed E-state index contributed by atoms with van der Waals surface area (Å²) in [5.41, 5.74) is 3.06. The quantitative estimate of drug-likeness (QED) is 0.870. The van der Waals surface area contributed by atoms with Crippen LogP contribution in [-0.4, -0.2) is 48.1 Å². The second-order valence-electron chi connectivity index (χ2n) is 6.86. The molecule has 0 aliphatic carbocycles. The van der Waals surface area contributed by atoms with Crippen LogP contribution in [0.2, 0.25) is 0 Å². The highest BCUT2D eigenvalue weighted by molar-refractivity contribution is 5.46. The maximum absolute atomic E-state index is 9.60. The van der Waals surface area contributed by atoms with Crippen molar-refractivity contribution in [1.82, 2.24) is 9.88 Å².